The van der Waals surface area contributed by atoms with Crippen LogP contribution in [0.25, 0.3) is 0 Å². The fraction of sp³-hybridized carbons (Fsp3) is 1.00. The van der Waals surface area contributed by atoms with Crippen LogP contribution in [0.1, 0.15) is 80.6 Å². The lowest BCUT2D eigenvalue weighted by molar-refractivity contribution is 0.0826. The van der Waals surface area contributed by atoms with Crippen LogP contribution >= 0.6 is 0 Å². The van der Waals surface area contributed by atoms with Crippen molar-refractivity contribution in [3.05, 3.63) is 0 Å². The first kappa shape index (κ1) is 17.0. The normalized spacial score (nSPS) is 35.3. The van der Waals surface area contributed by atoms with Crippen molar-refractivity contribution in [3.8, 4) is 0 Å². The minimum atomic E-state index is 0.917. The molecule has 0 nitrogen and oxygen atoms in total. The predicted octanol–water partition coefficient (Wildman–Crippen LogP) is 6.16. The van der Waals surface area contributed by atoms with Gasteiger partial charge in [0.15, 0.2) is 0 Å². The standard InChI is InChI=1S/C13H24.2C2H6/c1-9(2)13-10(3)7-8-11-5-4-6-12(11)13;2*1-2/h9-13H,4-8H2,1-3H3;2*1-2H3. The van der Waals surface area contributed by atoms with Crippen LogP contribution in [0, 0.1) is 29.6 Å². The Morgan fingerprint density at radius 2 is 1.41 bits per heavy atom. The first-order chi connectivity index (χ1) is 8.20. The summed E-state index contributed by atoms with van der Waals surface area (Å²) in [7, 11) is 0. The first-order valence-corrected chi connectivity index (χ1v) is 8.20. The van der Waals surface area contributed by atoms with Crippen LogP contribution in [0.15, 0.2) is 0 Å². The molecule has 2 aliphatic rings. The van der Waals surface area contributed by atoms with Crippen molar-refractivity contribution >= 4 is 0 Å². The second kappa shape index (κ2) is 9.00. The summed E-state index contributed by atoms with van der Waals surface area (Å²) in [4.78, 5) is 0. The van der Waals surface area contributed by atoms with E-state index in [-0.39, 0.29) is 0 Å². The maximum atomic E-state index is 2.49. The van der Waals surface area contributed by atoms with Crippen molar-refractivity contribution in [1.29, 1.82) is 0 Å². The number of hydrogen-bond acceptors (Lipinski definition) is 0. The molecule has 4 unspecified atom stereocenters. The van der Waals surface area contributed by atoms with Gasteiger partial charge in [-0.15, -0.1) is 0 Å². The molecule has 2 aliphatic carbocycles. The Hall–Kier alpha value is 0. The minimum absolute atomic E-state index is 0.917. The summed E-state index contributed by atoms with van der Waals surface area (Å²) < 4.78 is 0. The molecule has 0 heteroatoms. The fourth-order valence-electron chi connectivity index (χ4n) is 4.17. The molecule has 4 atom stereocenters. The van der Waals surface area contributed by atoms with Gasteiger partial charge in [0, 0.05) is 0 Å². The summed E-state index contributed by atoms with van der Waals surface area (Å²) in [5.41, 5.74) is 0. The monoisotopic (exact) mass is 240 g/mol. The van der Waals surface area contributed by atoms with Crippen molar-refractivity contribution in [2.75, 3.05) is 0 Å². The third-order valence-corrected chi connectivity index (χ3v) is 4.63. The van der Waals surface area contributed by atoms with Crippen molar-refractivity contribution < 1.29 is 0 Å². The molecule has 2 fully saturated rings. The van der Waals surface area contributed by atoms with Crippen LogP contribution in [0.4, 0.5) is 0 Å². The summed E-state index contributed by atoms with van der Waals surface area (Å²) in [5.74, 6) is 5.17. The molecular weight excluding hydrogens is 204 g/mol. The Bertz CT molecular complexity index is 171. The molecule has 2 saturated carbocycles. The molecule has 0 spiro atoms. The third-order valence-electron chi connectivity index (χ3n) is 4.63. The van der Waals surface area contributed by atoms with Crippen LogP contribution in [0.2, 0.25) is 0 Å². The number of fused-ring (bicyclic) bond motifs is 1. The molecule has 0 N–H and O–H groups in total. The van der Waals surface area contributed by atoms with E-state index in [4.69, 9.17) is 0 Å². The average molecular weight is 240 g/mol. The zero-order chi connectivity index (χ0) is 13.4. The molecule has 0 aliphatic heterocycles. The molecule has 0 aromatic rings. The van der Waals surface area contributed by atoms with Crippen LogP contribution in [-0.2, 0) is 0 Å². The average Bonchev–Trinajstić information content (AvgIpc) is 2.81. The van der Waals surface area contributed by atoms with Gasteiger partial charge in [0.05, 0.1) is 0 Å². The molecule has 104 valence electrons. The molecule has 17 heavy (non-hydrogen) atoms. The van der Waals surface area contributed by atoms with Crippen LogP contribution in [0.3, 0.4) is 0 Å². The van der Waals surface area contributed by atoms with Gasteiger partial charge in [-0.2, -0.15) is 0 Å². The van der Waals surface area contributed by atoms with Crippen molar-refractivity contribution in [1.82, 2.24) is 0 Å². The summed E-state index contributed by atoms with van der Waals surface area (Å²) in [5, 5.41) is 0. The highest BCUT2D eigenvalue weighted by Gasteiger charge is 2.40. The van der Waals surface area contributed by atoms with Gasteiger partial charge in [0.25, 0.3) is 0 Å². The predicted molar refractivity (Wildman–Crippen MR) is 80.3 cm³/mol. The van der Waals surface area contributed by atoms with Crippen LogP contribution in [-0.4, -0.2) is 0 Å². The molecule has 0 saturated heterocycles. The largest absolute Gasteiger partial charge is 0.0683 e. The Morgan fingerprint density at radius 1 is 0.824 bits per heavy atom. The number of rotatable bonds is 1. The van der Waals surface area contributed by atoms with E-state index in [1.165, 1.54) is 25.7 Å². The highest BCUT2D eigenvalue weighted by Crippen LogP contribution is 2.50. The maximum Gasteiger partial charge on any atom is -0.0334 e. The lowest BCUT2D eigenvalue weighted by Crippen LogP contribution is -2.33. The second-order valence-electron chi connectivity index (χ2n) is 5.73. The minimum Gasteiger partial charge on any atom is -0.0683 e. The van der Waals surface area contributed by atoms with Gasteiger partial charge in [-0.05, 0) is 42.4 Å². The molecule has 0 bridgehead atoms. The van der Waals surface area contributed by atoms with E-state index in [0.717, 1.165) is 29.6 Å². The van der Waals surface area contributed by atoms with Crippen molar-refractivity contribution in [3.63, 3.8) is 0 Å². The van der Waals surface area contributed by atoms with Crippen LogP contribution < -0.4 is 0 Å². The van der Waals surface area contributed by atoms with Gasteiger partial charge >= 0.3 is 0 Å². The SMILES string of the molecule is CC.CC.CC(C)C1C(C)CCC2CCCC21. The van der Waals surface area contributed by atoms with Crippen molar-refractivity contribution in [2.24, 2.45) is 29.6 Å². The maximum absolute atomic E-state index is 2.49. The van der Waals surface area contributed by atoms with E-state index in [1.807, 2.05) is 27.7 Å². The quantitative estimate of drug-likeness (QED) is 0.515. The smallest absolute Gasteiger partial charge is 0.0334 e. The van der Waals surface area contributed by atoms with E-state index in [0.29, 0.717) is 0 Å². The summed E-state index contributed by atoms with van der Waals surface area (Å²) >= 11 is 0. The van der Waals surface area contributed by atoms with E-state index >= 15 is 0 Å². The fourth-order valence-corrected chi connectivity index (χ4v) is 4.17. The van der Waals surface area contributed by atoms with Gasteiger partial charge in [-0.3, -0.25) is 0 Å². The highest BCUT2D eigenvalue weighted by atomic mass is 14.5. The summed E-state index contributed by atoms with van der Waals surface area (Å²) in [6, 6.07) is 0. The van der Waals surface area contributed by atoms with Gasteiger partial charge in [0.2, 0.25) is 0 Å². The molecule has 0 aromatic heterocycles. The lowest BCUT2D eigenvalue weighted by atomic mass is 9.64. The zero-order valence-corrected chi connectivity index (χ0v) is 13.4. The Labute approximate surface area is 111 Å². The molecular formula is C17H36. The molecule has 0 radical (unpaired) electrons. The van der Waals surface area contributed by atoms with E-state index < -0.39 is 0 Å². The Kier molecular flexibility index (Phi) is 9.00. The number of hydrogen-bond donors (Lipinski definition) is 0. The van der Waals surface area contributed by atoms with Gasteiger partial charge < -0.3 is 0 Å². The zero-order valence-electron chi connectivity index (χ0n) is 13.4. The topological polar surface area (TPSA) is 0 Å². The molecule has 0 heterocycles. The highest BCUT2D eigenvalue weighted by molar-refractivity contribution is 4.90. The van der Waals surface area contributed by atoms with Crippen LogP contribution in [0.5, 0.6) is 0 Å². The van der Waals surface area contributed by atoms with E-state index in [2.05, 4.69) is 20.8 Å². The van der Waals surface area contributed by atoms with Crippen molar-refractivity contribution in [2.45, 2.75) is 80.6 Å². The first-order valence-electron chi connectivity index (χ1n) is 8.20. The third kappa shape index (κ3) is 4.30. The summed E-state index contributed by atoms with van der Waals surface area (Å²) in [6.07, 6.45) is 7.64. The van der Waals surface area contributed by atoms with Gasteiger partial charge in [-0.25, -0.2) is 0 Å². The van der Waals surface area contributed by atoms with E-state index in [9.17, 15) is 0 Å². The molecule has 2 rings (SSSR count). The Balaban J connectivity index is 0.000000581. The lowest BCUT2D eigenvalue weighted by Gasteiger charge is -2.41. The van der Waals surface area contributed by atoms with Gasteiger partial charge in [-0.1, -0.05) is 67.7 Å². The van der Waals surface area contributed by atoms with E-state index in [1.54, 1.807) is 6.42 Å². The second-order valence-corrected chi connectivity index (χ2v) is 5.73. The molecule has 0 aromatic carbocycles. The summed E-state index contributed by atoms with van der Waals surface area (Å²) in [6.45, 7) is 15.4. The molecule has 0 amide bonds. The Morgan fingerprint density at radius 3 is 1.94 bits per heavy atom. The van der Waals surface area contributed by atoms with Gasteiger partial charge in [0.1, 0.15) is 0 Å².